The number of anilines is 2. The Morgan fingerprint density at radius 3 is 2.50 bits per heavy atom. The predicted octanol–water partition coefficient (Wildman–Crippen LogP) is 5.07. The minimum atomic E-state index is -0.876. The Morgan fingerprint density at radius 2 is 1.79 bits per heavy atom. The highest BCUT2D eigenvalue weighted by molar-refractivity contribution is 6.31. The highest BCUT2D eigenvalue weighted by Gasteiger charge is 2.45. The van der Waals surface area contributed by atoms with E-state index in [1.54, 1.807) is 4.68 Å². The summed E-state index contributed by atoms with van der Waals surface area (Å²) in [6, 6.07) is 16.8. The van der Waals surface area contributed by atoms with Crippen molar-refractivity contribution < 1.29 is 14.3 Å². The molecule has 2 heterocycles. The van der Waals surface area contributed by atoms with Crippen molar-refractivity contribution in [2.24, 2.45) is 11.8 Å². The van der Waals surface area contributed by atoms with Crippen molar-refractivity contribution in [3.05, 3.63) is 82.3 Å². The van der Waals surface area contributed by atoms with Crippen LogP contribution in [0, 0.1) is 18.8 Å². The summed E-state index contributed by atoms with van der Waals surface area (Å²) in [6.07, 6.45) is 0.525. The molecule has 0 unspecified atom stereocenters. The molecule has 0 saturated carbocycles. The number of para-hydroxylation sites is 3. The molecule has 1 aliphatic heterocycles. The standard InChI is InChI=1S/C26H25ClN4O3/c1-14-13-19-22(24(32)20(14)26(33)34-3)23(29-18-12-8-7-11-17(18)28-19)21-15(2)30-31(25(21)27)16-9-5-4-6-10-16/h4-12,14,20,23,28-29H,13H2,1-3H3/t14-,20+,23+/m1/s1. The van der Waals surface area contributed by atoms with Gasteiger partial charge in [0, 0.05) is 16.8 Å². The summed E-state index contributed by atoms with van der Waals surface area (Å²) < 4.78 is 6.66. The zero-order chi connectivity index (χ0) is 24.0. The van der Waals surface area contributed by atoms with E-state index in [1.165, 1.54) is 7.11 Å². The second kappa shape index (κ2) is 8.65. The van der Waals surface area contributed by atoms with Crippen molar-refractivity contribution >= 4 is 34.7 Å². The van der Waals surface area contributed by atoms with Crippen molar-refractivity contribution in [2.45, 2.75) is 26.3 Å². The number of hydrogen-bond acceptors (Lipinski definition) is 6. The van der Waals surface area contributed by atoms with Gasteiger partial charge in [-0.15, -0.1) is 0 Å². The van der Waals surface area contributed by atoms with E-state index in [1.807, 2.05) is 68.4 Å². The van der Waals surface area contributed by atoms with E-state index in [4.69, 9.17) is 16.3 Å². The minimum Gasteiger partial charge on any atom is -0.468 e. The van der Waals surface area contributed by atoms with Gasteiger partial charge in [0.1, 0.15) is 11.1 Å². The van der Waals surface area contributed by atoms with Crippen molar-refractivity contribution in [1.29, 1.82) is 0 Å². The van der Waals surface area contributed by atoms with Gasteiger partial charge < -0.3 is 15.4 Å². The lowest BCUT2D eigenvalue weighted by Crippen LogP contribution is -2.39. The number of aryl methyl sites for hydroxylation is 1. The summed E-state index contributed by atoms with van der Waals surface area (Å²) >= 11 is 6.93. The fourth-order valence-corrected chi connectivity index (χ4v) is 5.31. The molecule has 1 aromatic heterocycles. The lowest BCUT2D eigenvalue weighted by atomic mass is 9.75. The zero-order valence-corrected chi connectivity index (χ0v) is 19.9. The Balaban J connectivity index is 1.70. The number of nitrogens with zero attached hydrogens (tertiary/aromatic N) is 2. The number of nitrogens with one attached hydrogen (secondary N) is 2. The third-order valence-corrected chi connectivity index (χ3v) is 6.93. The van der Waals surface area contributed by atoms with E-state index in [-0.39, 0.29) is 11.7 Å². The quantitative estimate of drug-likeness (QED) is 0.405. The molecule has 2 aromatic carbocycles. The first-order chi connectivity index (χ1) is 16.4. The number of ether oxygens (including phenoxy) is 1. The van der Waals surface area contributed by atoms with E-state index < -0.39 is 17.9 Å². The molecule has 0 fully saturated rings. The van der Waals surface area contributed by atoms with Crippen molar-refractivity contribution in [3.63, 3.8) is 0 Å². The van der Waals surface area contributed by atoms with E-state index in [0.717, 1.165) is 22.8 Å². The molecule has 7 nitrogen and oxygen atoms in total. The van der Waals surface area contributed by atoms with Gasteiger partial charge >= 0.3 is 5.97 Å². The Bertz CT molecular complexity index is 1310. The maximum absolute atomic E-state index is 13.8. The number of halogens is 1. The minimum absolute atomic E-state index is 0.208. The van der Waals surface area contributed by atoms with Crippen LogP contribution in [0.2, 0.25) is 5.15 Å². The maximum atomic E-state index is 13.8. The number of esters is 1. The summed E-state index contributed by atoms with van der Waals surface area (Å²) in [5.74, 6) is -1.87. The number of Topliss-reactive ketones (excluding diaryl/α,β-unsaturated/α-hetero) is 1. The Morgan fingerprint density at radius 1 is 1.12 bits per heavy atom. The predicted molar refractivity (Wildman–Crippen MR) is 131 cm³/mol. The third kappa shape index (κ3) is 3.56. The molecular formula is C26H25ClN4O3. The number of methoxy groups -OCH3 is 1. The second-order valence-corrected chi connectivity index (χ2v) is 9.08. The van der Waals surface area contributed by atoms with Gasteiger partial charge in [-0.2, -0.15) is 5.10 Å². The van der Waals surface area contributed by atoms with Gasteiger partial charge in [-0.3, -0.25) is 9.59 Å². The van der Waals surface area contributed by atoms with E-state index in [9.17, 15) is 9.59 Å². The monoisotopic (exact) mass is 476 g/mol. The Labute approximate surface area is 202 Å². The molecule has 34 heavy (non-hydrogen) atoms. The molecule has 5 rings (SSSR count). The van der Waals surface area contributed by atoms with E-state index in [0.29, 0.717) is 28.4 Å². The number of allylic oxidation sites excluding steroid dienone is 1. The first kappa shape index (κ1) is 22.2. The first-order valence-corrected chi connectivity index (χ1v) is 11.6. The number of hydrogen-bond donors (Lipinski definition) is 2. The molecule has 1 aliphatic carbocycles. The number of carbonyl (C=O) groups is 2. The fourth-order valence-electron chi connectivity index (χ4n) is 4.93. The molecule has 8 heteroatoms. The maximum Gasteiger partial charge on any atom is 0.316 e. The largest absolute Gasteiger partial charge is 0.468 e. The van der Waals surface area contributed by atoms with E-state index >= 15 is 0 Å². The van der Waals surface area contributed by atoms with Gasteiger partial charge in [0.25, 0.3) is 0 Å². The molecule has 3 atom stereocenters. The molecule has 0 bridgehead atoms. The van der Waals surface area contributed by atoms with Gasteiger partial charge in [0.05, 0.1) is 35.9 Å². The van der Waals surface area contributed by atoms with Gasteiger partial charge in [-0.1, -0.05) is 48.9 Å². The molecule has 0 radical (unpaired) electrons. The molecule has 2 N–H and O–H groups in total. The third-order valence-electron chi connectivity index (χ3n) is 6.56. The smallest absolute Gasteiger partial charge is 0.316 e. The van der Waals surface area contributed by atoms with Gasteiger partial charge in [0.2, 0.25) is 0 Å². The second-order valence-electron chi connectivity index (χ2n) is 8.72. The van der Waals surface area contributed by atoms with Crippen LogP contribution in [0.25, 0.3) is 5.69 Å². The van der Waals surface area contributed by atoms with Crippen LogP contribution in [0.1, 0.15) is 30.6 Å². The summed E-state index contributed by atoms with van der Waals surface area (Å²) in [6.45, 7) is 3.77. The van der Waals surface area contributed by atoms with Crippen molar-refractivity contribution in [3.8, 4) is 5.69 Å². The molecular weight excluding hydrogens is 452 g/mol. The van der Waals surface area contributed by atoms with Crippen molar-refractivity contribution in [2.75, 3.05) is 17.7 Å². The number of benzene rings is 2. The highest BCUT2D eigenvalue weighted by Crippen LogP contribution is 2.46. The Kier molecular flexibility index (Phi) is 5.65. The van der Waals surface area contributed by atoms with Gasteiger partial charge in [-0.25, -0.2) is 4.68 Å². The number of fused-ring (bicyclic) bond motifs is 1. The number of rotatable bonds is 3. The number of aromatic nitrogens is 2. The van der Waals surface area contributed by atoms with Gasteiger partial charge in [-0.05, 0) is 43.5 Å². The van der Waals surface area contributed by atoms with Crippen LogP contribution in [-0.4, -0.2) is 28.6 Å². The lowest BCUT2D eigenvalue weighted by Gasteiger charge is -2.32. The highest BCUT2D eigenvalue weighted by atomic mass is 35.5. The summed E-state index contributed by atoms with van der Waals surface area (Å²) in [4.78, 5) is 26.4. The summed E-state index contributed by atoms with van der Waals surface area (Å²) in [5.41, 5.74) is 5.17. The van der Waals surface area contributed by atoms with Gasteiger partial charge in [0.15, 0.2) is 5.78 Å². The lowest BCUT2D eigenvalue weighted by molar-refractivity contribution is -0.151. The topological polar surface area (TPSA) is 85.2 Å². The normalized spacial score (nSPS) is 21.6. The number of carbonyl (C=O) groups excluding carboxylic acids is 2. The van der Waals surface area contributed by atoms with Crippen LogP contribution in [0.15, 0.2) is 65.9 Å². The van der Waals surface area contributed by atoms with Crippen LogP contribution >= 0.6 is 11.6 Å². The van der Waals surface area contributed by atoms with E-state index in [2.05, 4.69) is 15.7 Å². The molecule has 3 aromatic rings. The molecule has 0 saturated heterocycles. The first-order valence-electron chi connectivity index (χ1n) is 11.2. The molecule has 0 spiro atoms. The van der Waals surface area contributed by atoms with Crippen LogP contribution < -0.4 is 10.6 Å². The van der Waals surface area contributed by atoms with Crippen LogP contribution in [0.3, 0.4) is 0 Å². The average molecular weight is 477 g/mol. The van der Waals surface area contributed by atoms with Crippen LogP contribution in [-0.2, 0) is 14.3 Å². The van der Waals surface area contributed by atoms with Crippen LogP contribution in [0.5, 0.6) is 0 Å². The fraction of sp³-hybridized carbons (Fsp3) is 0.269. The Hall–Kier alpha value is -3.58. The summed E-state index contributed by atoms with van der Waals surface area (Å²) in [5, 5.41) is 12.1. The molecule has 2 aliphatic rings. The molecule has 0 amide bonds. The molecule has 174 valence electrons. The van der Waals surface area contributed by atoms with Crippen LogP contribution in [0.4, 0.5) is 11.4 Å². The van der Waals surface area contributed by atoms with Crippen molar-refractivity contribution in [1.82, 2.24) is 9.78 Å². The SMILES string of the molecule is COC(=O)[C@@H]1C(=O)C2=C(C[C@H]1C)Nc1ccccc1N[C@H]2c1c(C)nn(-c2ccccc2)c1Cl. The summed E-state index contributed by atoms with van der Waals surface area (Å²) in [7, 11) is 1.31. The zero-order valence-electron chi connectivity index (χ0n) is 19.1. The average Bonchev–Trinajstić information content (AvgIpc) is 3.02. The number of ketones is 1.